The summed E-state index contributed by atoms with van der Waals surface area (Å²) in [5.41, 5.74) is 0. The summed E-state index contributed by atoms with van der Waals surface area (Å²) in [5, 5.41) is 0.978. The lowest BCUT2D eigenvalue weighted by atomic mass is 9.92. The number of hydrogen-bond acceptors (Lipinski definition) is 1. The van der Waals surface area contributed by atoms with Crippen molar-refractivity contribution in [3.63, 3.8) is 0 Å². The van der Waals surface area contributed by atoms with Gasteiger partial charge in [-0.3, -0.25) is 0 Å². The van der Waals surface area contributed by atoms with Gasteiger partial charge in [0.2, 0.25) is 0 Å². The monoisotopic (exact) mass is 186 g/mol. The summed E-state index contributed by atoms with van der Waals surface area (Å²) in [5.74, 6) is 3.33. The molecule has 1 aliphatic rings. The quantitative estimate of drug-likeness (QED) is 0.599. The predicted molar refractivity (Wildman–Crippen MR) is 58.7 cm³/mol. The Balaban J connectivity index is 2.16. The van der Waals surface area contributed by atoms with Gasteiger partial charge in [0.1, 0.15) is 0 Å². The first-order valence-electron chi connectivity index (χ1n) is 5.37. The Morgan fingerprint density at radius 1 is 1.25 bits per heavy atom. The van der Waals surface area contributed by atoms with Crippen molar-refractivity contribution in [2.75, 3.05) is 5.75 Å². The van der Waals surface area contributed by atoms with Crippen LogP contribution >= 0.6 is 11.8 Å². The van der Waals surface area contributed by atoms with E-state index in [1.54, 1.807) is 0 Å². The van der Waals surface area contributed by atoms with Gasteiger partial charge in [0.25, 0.3) is 0 Å². The molecule has 0 spiro atoms. The zero-order valence-corrected chi connectivity index (χ0v) is 9.49. The van der Waals surface area contributed by atoms with Crippen LogP contribution in [0, 0.1) is 11.8 Å². The number of rotatable bonds is 4. The molecule has 1 heterocycles. The molecule has 0 amide bonds. The molecule has 0 N–H and O–H groups in total. The Labute approximate surface area is 81.5 Å². The molecule has 1 heteroatoms. The van der Waals surface area contributed by atoms with E-state index in [-0.39, 0.29) is 0 Å². The Bertz CT molecular complexity index is 122. The smallest absolute Gasteiger partial charge is 0.00756 e. The molecule has 0 saturated carbocycles. The second kappa shape index (κ2) is 5.16. The zero-order chi connectivity index (χ0) is 8.97. The molecular weight excluding hydrogens is 164 g/mol. The average molecular weight is 186 g/mol. The molecule has 72 valence electrons. The van der Waals surface area contributed by atoms with E-state index in [9.17, 15) is 0 Å². The summed E-state index contributed by atoms with van der Waals surface area (Å²) < 4.78 is 0. The van der Waals surface area contributed by atoms with Gasteiger partial charge in [-0.05, 0) is 24.0 Å². The minimum Gasteiger partial charge on any atom is -0.158 e. The van der Waals surface area contributed by atoms with Gasteiger partial charge in [-0.15, -0.1) is 0 Å². The van der Waals surface area contributed by atoms with Gasteiger partial charge in [0.05, 0.1) is 0 Å². The van der Waals surface area contributed by atoms with Crippen LogP contribution in [0.25, 0.3) is 0 Å². The largest absolute Gasteiger partial charge is 0.158 e. The molecule has 0 nitrogen and oxygen atoms in total. The highest BCUT2D eigenvalue weighted by Gasteiger charge is 2.29. The second-order valence-electron chi connectivity index (χ2n) is 4.20. The number of unbranched alkanes of at least 4 members (excludes halogenated alkanes) is 2. The Kier molecular flexibility index (Phi) is 4.49. The van der Waals surface area contributed by atoms with E-state index in [0.717, 1.165) is 17.1 Å². The lowest BCUT2D eigenvalue weighted by Gasteiger charge is -2.16. The molecule has 12 heavy (non-hydrogen) atoms. The molecule has 1 saturated heterocycles. The highest BCUT2D eigenvalue weighted by Crippen LogP contribution is 2.39. The Morgan fingerprint density at radius 3 is 2.50 bits per heavy atom. The summed E-state index contributed by atoms with van der Waals surface area (Å²) in [4.78, 5) is 0. The summed E-state index contributed by atoms with van der Waals surface area (Å²) >= 11 is 2.21. The number of hydrogen-bond donors (Lipinski definition) is 0. The van der Waals surface area contributed by atoms with E-state index in [4.69, 9.17) is 0 Å². The first-order valence-corrected chi connectivity index (χ1v) is 6.42. The van der Waals surface area contributed by atoms with Crippen LogP contribution in [0.4, 0.5) is 0 Å². The highest BCUT2D eigenvalue weighted by molar-refractivity contribution is 8.00. The second-order valence-corrected chi connectivity index (χ2v) is 5.48. The third-order valence-corrected chi connectivity index (χ3v) is 4.96. The van der Waals surface area contributed by atoms with Crippen molar-refractivity contribution in [1.29, 1.82) is 0 Å². The minimum absolute atomic E-state index is 0.960. The molecular formula is C11H22S. The van der Waals surface area contributed by atoms with E-state index >= 15 is 0 Å². The van der Waals surface area contributed by atoms with Gasteiger partial charge in [-0.2, -0.15) is 11.8 Å². The zero-order valence-electron chi connectivity index (χ0n) is 8.68. The van der Waals surface area contributed by atoms with Crippen molar-refractivity contribution in [2.45, 2.75) is 51.7 Å². The van der Waals surface area contributed by atoms with Crippen LogP contribution in [0.3, 0.4) is 0 Å². The van der Waals surface area contributed by atoms with Crippen LogP contribution in [-0.4, -0.2) is 11.0 Å². The standard InChI is InChI=1S/C11H22S/c1-4-5-6-7-11-10(3)9(2)8-12-11/h9-11H,4-8H2,1-3H3/t9?,10?,11-/m1/s1. The summed E-state index contributed by atoms with van der Waals surface area (Å²) in [7, 11) is 0. The normalized spacial score (nSPS) is 35.8. The lowest BCUT2D eigenvalue weighted by Crippen LogP contribution is -2.13. The van der Waals surface area contributed by atoms with Gasteiger partial charge in [-0.1, -0.05) is 40.0 Å². The van der Waals surface area contributed by atoms with E-state index in [0.29, 0.717) is 0 Å². The maximum Gasteiger partial charge on any atom is 0.00756 e. The lowest BCUT2D eigenvalue weighted by molar-refractivity contribution is 0.416. The molecule has 2 unspecified atom stereocenters. The molecule has 1 rings (SSSR count). The van der Waals surface area contributed by atoms with Gasteiger partial charge in [-0.25, -0.2) is 0 Å². The van der Waals surface area contributed by atoms with Crippen molar-refractivity contribution in [2.24, 2.45) is 11.8 Å². The topological polar surface area (TPSA) is 0 Å². The SMILES string of the molecule is CCCCC[C@H]1SCC(C)C1C. The maximum absolute atomic E-state index is 2.43. The van der Waals surface area contributed by atoms with Crippen LogP contribution in [0.5, 0.6) is 0 Å². The first kappa shape index (κ1) is 10.4. The van der Waals surface area contributed by atoms with E-state index in [2.05, 4.69) is 32.5 Å². The molecule has 0 aromatic heterocycles. The molecule has 0 radical (unpaired) electrons. The predicted octanol–water partition coefficient (Wildman–Crippen LogP) is 3.95. The molecule has 0 aliphatic carbocycles. The Morgan fingerprint density at radius 2 is 2.00 bits per heavy atom. The maximum atomic E-state index is 2.43. The summed E-state index contributed by atoms with van der Waals surface area (Å²) in [6.45, 7) is 7.12. The van der Waals surface area contributed by atoms with Crippen molar-refractivity contribution >= 4 is 11.8 Å². The van der Waals surface area contributed by atoms with Crippen LogP contribution in [0.1, 0.15) is 46.5 Å². The van der Waals surface area contributed by atoms with Crippen LogP contribution in [0.15, 0.2) is 0 Å². The highest BCUT2D eigenvalue weighted by atomic mass is 32.2. The van der Waals surface area contributed by atoms with E-state index < -0.39 is 0 Å². The third kappa shape index (κ3) is 2.69. The summed E-state index contributed by atoms with van der Waals surface area (Å²) in [6, 6.07) is 0. The molecule has 1 aliphatic heterocycles. The van der Waals surface area contributed by atoms with Gasteiger partial charge >= 0.3 is 0 Å². The van der Waals surface area contributed by atoms with Gasteiger partial charge < -0.3 is 0 Å². The molecule has 0 bridgehead atoms. The first-order chi connectivity index (χ1) is 5.75. The fraction of sp³-hybridized carbons (Fsp3) is 1.00. The van der Waals surface area contributed by atoms with Crippen molar-refractivity contribution < 1.29 is 0 Å². The van der Waals surface area contributed by atoms with Crippen LogP contribution in [-0.2, 0) is 0 Å². The van der Waals surface area contributed by atoms with Crippen molar-refractivity contribution in [3.05, 3.63) is 0 Å². The van der Waals surface area contributed by atoms with Gasteiger partial charge in [0, 0.05) is 5.25 Å². The fourth-order valence-electron chi connectivity index (χ4n) is 1.89. The molecule has 1 fully saturated rings. The molecule has 0 aromatic carbocycles. The minimum atomic E-state index is 0.960. The van der Waals surface area contributed by atoms with Crippen LogP contribution in [0.2, 0.25) is 0 Å². The molecule has 3 atom stereocenters. The average Bonchev–Trinajstić information content (AvgIpc) is 2.36. The number of thioether (sulfide) groups is 1. The van der Waals surface area contributed by atoms with E-state index in [1.807, 2.05) is 0 Å². The fourth-order valence-corrected chi connectivity index (χ4v) is 3.65. The van der Waals surface area contributed by atoms with Crippen LogP contribution < -0.4 is 0 Å². The molecule has 0 aromatic rings. The van der Waals surface area contributed by atoms with Crippen molar-refractivity contribution in [3.8, 4) is 0 Å². The Hall–Kier alpha value is 0.350. The van der Waals surface area contributed by atoms with Gasteiger partial charge in [0.15, 0.2) is 0 Å². The van der Waals surface area contributed by atoms with E-state index in [1.165, 1.54) is 31.4 Å². The third-order valence-electron chi connectivity index (χ3n) is 3.15. The van der Waals surface area contributed by atoms with Crippen molar-refractivity contribution in [1.82, 2.24) is 0 Å². The summed E-state index contributed by atoms with van der Waals surface area (Å²) in [6.07, 6.45) is 5.70.